The third-order valence-corrected chi connectivity index (χ3v) is 6.48. The fourth-order valence-electron chi connectivity index (χ4n) is 2.73. The Bertz CT molecular complexity index is 1340. The number of aryl methyl sites for hydroxylation is 1. The maximum absolute atomic E-state index is 14.8. The van der Waals surface area contributed by atoms with Crippen molar-refractivity contribution in [2.24, 2.45) is 0 Å². The van der Waals surface area contributed by atoms with Crippen LogP contribution in [0.25, 0.3) is 11.1 Å². The number of benzene rings is 2. The van der Waals surface area contributed by atoms with E-state index < -0.39 is 20.7 Å². The Balaban J connectivity index is 1.69. The molecule has 0 saturated carbocycles. The van der Waals surface area contributed by atoms with Crippen molar-refractivity contribution < 1.29 is 17.5 Å². The molecule has 0 atom stereocenters. The lowest BCUT2D eigenvalue weighted by atomic mass is 10.1. The average molecular weight is 478 g/mol. The van der Waals surface area contributed by atoms with E-state index in [1.54, 1.807) is 37.4 Å². The van der Waals surface area contributed by atoms with Gasteiger partial charge in [0.05, 0.1) is 12.4 Å². The summed E-state index contributed by atoms with van der Waals surface area (Å²) in [6, 6.07) is 8.89. The molecule has 0 unspecified atom stereocenters. The van der Waals surface area contributed by atoms with Gasteiger partial charge in [-0.2, -0.15) is 10.2 Å². The molecule has 8 nitrogen and oxygen atoms in total. The predicted molar refractivity (Wildman–Crippen MR) is 114 cm³/mol. The standard InChI is InChI=1S/C19H13ClFN5O3S2/c1-11-6-18(31(27,28)26-19-25-24-10-30-19)15(21)8-17(11)29-16-3-2-13(20)7-14(16)12-4-5-22-23-9-12/h2-10H,1H3,(H,25,26). The van der Waals surface area contributed by atoms with Gasteiger partial charge < -0.3 is 4.74 Å². The second-order valence-corrected chi connectivity index (χ2v) is 9.19. The highest BCUT2D eigenvalue weighted by Gasteiger charge is 2.23. The fraction of sp³-hybridized carbons (Fsp3) is 0.0526. The second-order valence-electron chi connectivity index (χ2n) is 6.27. The van der Waals surface area contributed by atoms with Crippen LogP contribution in [0.3, 0.4) is 0 Å². The number of halogens is 2. The van der Waals surface area contributed by atoms with Gasteiger partial charge in [-0.25, -0.2) is 12.8 Å². The smallest absolute Gasteiger partial charge is 0.266 e. The molecule has 2 aromatic carbocycles. The normalized spacial score (nSPS) is 11.3. The molecule has 31 heavy (non-hydrogen) atoms. The van der Waals surface area contributed by atoms with Crippen molar-refractivity contribution >= 4 is 38.1 Å². The molecule has 1 N–H and O–H groups in total. The number of sulfonamides is 1. The Morgan fingerprint density at radius 2 is 1.94 bits per heavy atom. The second kappa shape index (κ2) is 8.53. The fourth-order valence-corrected chi connectivity index (χ4v) is 4.74. The lowest BCUT2D eigenvalue weighted by Gasteiger charge is -2.15. The number of hydrogen-bond donors (Lipinski definition) is 1. The summed E-state index contributed by atoms with van der Waals surface area (Å²) < 4.78 is 48.0. The minimum Gasteiger partial charge on any atom is -0.456 e. The molecule has 0 radical (unpaired) electrons. The van der Waals surface area contributed by atoms with Gasteiger partial charge in [0, 0.05) is 22.2 Å². The van der Waals surface area contributed by atoms with Crippen LogP contribution in [-0.4, -0.2) is 28.8 Å². The number of hydrogen-bond acceptors (Lipinski definition) is 8. The summed E-state index contributed by atoms with van der Waals surface area (Å²) in [7, 11) is -4.19. The molecule has 158 valence electrons. The minimum absolute atomic E-state index is 0.0362. The third kappa shape index (κ3) is 4.63. The van der Waals surface area contributed by atoms with Crippen LogP contribution < -0.4 is 9.46 Å². The van der Waals surface area contributed by atoms with Crippen LogP contribution in [0.2, 0.25) is 5.02 Å². The zero-order valence-electron chi connectivity index (χ0n) is 15.8. The van der Waals surface area contributed by atoms with Crippen molar-refractivity contribution in [1.82, 2.24) is 20.4 Å². The van der Waals surface area contributed by atoms with Crippen molar-refractivity contribution in [2.45, 2.75) is 11.8 Å². The van der Waals surface area contributed by atoms with E-state index in [1.807, 2.05) is 0 Å². The molecule has 4 rings (SSSR count). The Labute approximate surface area is 185 Å². The van der Waals surface area contributed by atoms with Crippen molar-refractivity contribution in [3.05, 3.63) is 70.7 Å². The van der Waals surface area contributed by atoms with E-state index in [1.165, 1.54) is 17.8 Å². The lowest BCUT2D eigenvalue weighted by molar-refractivity contribution is 0.471. The highest BCUT2D eigenvalue weighted by molar-refractivity contribution is 7.93. The maximum Gasteiger partial charge on any atom is 0.266 e. The van der Waals surface area contributed by atoms with Crippen LogP contribution in [0.5, 0.6) is 11.5 Å². The monoisotopic (exact) mass is 477 g/mol. The van der Waals surface area contributed by atoms with Crippen LogP contribution >= 0.6 is 22.9 Å². The lowest BCUT2D eigenvalue weighted by Crippen LogP contribution is -2.15. The van der Waals surface area contributed by atoms with Gasteiger partial charge in [-0.3, -0.25) is 4.72 Å². The van der Waals surface area contributed by atoms with Gasteiger partial charge in [0.2, 0.25) is 5.13 Å². The van der Waals surface area contributed by atoms with Crippen molar-refractivity contribution in [2.75, 3.05) is 4.72 Å². The third-order valence-electron chi connectivity index (χ3n) is 4.16. The number of rotatable bonds is 6. The summed E-state index contributed by atoms with van der Waals surface area (Å²) in [6.07, 6.45) is 3.07. The van der Waals surface area contributed by atoms with Gasteiger partial charge in [-0.1, -0.05) is 22.9 Å². The summed E-state index contributed by atoms with van der Waals surface area (Å²) in [6.45, 7) is 1.61. The van der Waals surface area contributed by atoms with Crippen molar-refractivity contribution in [1.29, 1.82) is 0 Å². The summed E-state index contributed by atoms with van der Waals surface area (Å²) in [4.78, 5) is -0.526. The van der Waals surface area contributed by atoms with Gasteiger partial charge in [0.15, 0.2) is 0 Å². The number of nitrogens with one attached hydrogen (secondary N) is 1. The largest absolute Gasteiger partial charge is 0.456 e. The quantitative estimate of drug-likeness (QED) is 0.429. The summed E-state index contributed by atoms with van der Waals surface area (Å²) >= 11 is 7.10. The molecule has 0 amide bonds. The molecular formula is C19H13ClFN5O3S2. The van der Waals surface area contributed by atoms with E-state index in [4.69, 9.17) is 16.3 Å². The molecule has 2 heterocycles. The maximum atomic E-state index is 14.8. The number of aromatic nitrogens is 4. The van der Waals surface area contributed by atoms with Crippen LogP contribution in [0.4, 0.5) is 9.52 Å². The molecule has 0 aliphatic rings. The van der Waals surface area contributed by atoms with Crippen LogP contribution in [-0.2, 0) is 10.0 Å². The first-order valence-electron chi connectivity index (χ1n) is 8.67. The average Bonchev–Trinajstić information content (AvgIpc) is 3.24. The molecule has 4 aromatic rings. The molecule has 12 heteroatoms. The Morgan fingerprint density at radius 1 is 1.10 bits per heavy atom. The first-order valence-corrected chi connectivity index (χ1v) is 11.4. The van der Waals surface area contributed by atoms with E-state index in [2.05, 4.69) is 25.1 Å². The molecule has 0 aliphatic heterocycles. The molecule has 0 fully saturated rings. The first kappa shape index (κ1) is 21.1. The van der Waals surface area contributed by atoms with Gasteiger partial charge in [0.1, 0.15) is 27.7 Å². The van der Waals surface area contributed by atoms with E-state index in [-0.39, 0.29) is 10.9 Å². The Hall–Kier alpha value is -3.15. The Morgan fingerprint density at radius 3 is 2.65 bits per heavy atom. The van der Waals surface area contributed by atoms with Crippen LogP contribution in [0.1, 0.15) is 5.56 Å². The molecule has 0 bridgehead atoms. The molecular weight excluding hydrogens is 465 g/mol. The van der Waals surface area contributed by atoms with Crippen LogP contribution in [0.15, 0.2) is 59.2 Å². The highest BCUT2D eigenvalue weighted by Crippen LogP contribution is 2.37. The Kier molecular flexibility index (Phi) is 5.81. The number of nitrogens with zero attached hydrogens (tertiary/aromatic N) is 4. The zero-order valence-corrected chi connectivity index (χ0v) is 18.2. The van der Waals surface area contributed by atoms with Crippen LogP contribution in [0, 0.1) is 12.7 Å². The van der Waals surface area contributed by atoms with E-state index in [0.717, 1.165) is 17.4 Å². The molecule has 0 saturated heterocycles. The predicted octanol–water partition coefficient (Wildman–Crippen LogP) is 4.69. The molecule has 2 aromatic heterocycles. The molecule has 0 aliphatic carbocycles. The van der Waals surface area contributed by atoms with Gasteiger partial charge in [-0.05, 0) is 42.8 Å². The SMILES string of the molecule is Cc1cc(S(=O)(=O)Nc2nncs2)c(F)cc1Oc1ccc(Cl)cc1-c1ccnnc1. The van der Waals surface area contributed by atoms with Gasteiger partial charge >= 0.3 is 0 Å². The zero-order chi connectivity index (χ0) is 22.0. The van der Waals surface area contributed by atoms with Gasteiger partial charge in [0.25, 0.3) is 10.0 Å². The summed E-state index contributed by atoms with van der Waals surface area (Å²) in [5, 5.41) is 15.3. The summed E-state index contributed by atoms with van der Waals surface area (Å²) in [5.41, 5.74) is 3.09. The number of anilines is 1. The van der Waals surface area contributed by atoms with E-state index in [9.17, 15) is 12.8 Å². The highest BCUT2D eigenvalue weighted by atomic mass is 35.5. The summed E-state index contributed by atoms with van der Waals surface area (Å²) in [5.74, 6) is -0.431. The van der Waals surface area contributed by atoms with Crippen molar-refractivity contribution in [3.63, 3.8) is 0 Å². The van der Waals surface area contributed by atoms with E-state index in [0.29, 0.717) is 27.5 Å². The molecule has 0 spiro atoms. The number of ether oxygens (including phenoxy) is 1. The topological polar surface area (TPSA) is 107 Å². The minimum atomic E-state index is -4.19. The van der Waals surface area contributed by atoms with Gasteiger partial charge in [-0.15, -0.1) is 10.2 Å². The van der Waals surface area contributed by atoms with Crippen molar-refractivity contribution in [3.8, 4) is 22.6 Å². The first-order chi connectivity index (χ1) is 14.8. The van der Waals surface area contributed by atoms with E-state index >= 15 is 0 Å².